The molecule has 162 valence electrons. The number of H-pyrrole nitrogens is 1. The van der Waals surface area contributed by atoms with E-state index in [1.54, 1.807) is 6.07 Å². The monoisotopic (exact) mass is 429 g/mol. The van der Waals surface area contributed by atoms with Crippen LogP contribution in [-0.2, 0) is 6.42 Å². The zero-order valence-corrected chi connectivity index (χ0v) is 16.8. The first kappa shape index (κ1) is 20.0. The Balaban J connectivity index is 1.37. The number of hydrogen-bond acceptors (Lipinski definition) is 5. The second-order valence-electron chi connectivity index (χ2n) is 8.54. The van der Waals surface area contributed by atoms with Crippen molar-refractivity contribution in [3.05, 3.63) is 47.4 Å². The van der Waals surface area contributed by atoms with Crippen LogP contribution >= 0.6 is 0 Å². The maximum Gasteiger partial charge on any atom is 0.248 e. The fourth-order valence-corrected chi connectivity index (χ4v) is 4.17. The fourth-order valence-electron chi connectivity index (χ4n) is 4.17. The van der Waals surface area contributed by atoms with Crippen LogP contribution in [0.1, 0.15) is 60.1 Å². The summed E-state index contributed by atoms with van der Waals surface area (Å²) in [5, 5.41) is 3.81. The molecule has 0 aliphatic heterocycles. The highest BCUT2D eigenvalue weighted by molar-refractivity contribution is 6.18. The van der Waals surface area contributed by atoms with Crippen LogP contribution in [0.15, 0.2) is 24.7 Å². The second-order valence-corrected chi connectivity index (χ2v) is 8.54. The summed E-state index contributed by atoms with van der Waals surface area (Å²) in [6.07, 6.45) is 5.93. The Morgan fingerprint density at radius 3 is 2.61 bits per heavy atom. The van der Waals surface area contributed by atoms with Crippen molar-refractivity contribution in [2.24, 2.45) is 5.92 Å². The van der Waals surface area contributed by atoms with Crippen LogP contribution in [-0.4, -0.2) is 37.7 Å². The van der Waals surface area contributed by atoms with Gasteiger partial charge >= 0.3 is 0 Å². The van der Waals surface area contributed by atoms with Gasteiger partial charge in [0.1, 0.15) is 17.8 Å². The van der Waals surface area contributed by atoms with Gasteiger partial charge in [-0.15, -0.1) is 0 Å². The SMILES string of the molecule is O=C(c1ccc(CC2CCC(F)(F)CC2)nc1F)c1c[nH]c2ncnc(NC3CC3)c12. The third-order valence-electron chi connectivity index (χ3n) is 6.12. The van der Waals surface area contributed by atoms with E-state index in [9.17, 15) is 18.0 Å². The summed E-state index contributed by atoms with van der Waals surface area (Å²) < 4.78 is 41.5. The van der Waals surface area contributed by atoms with Crippen molar-refractivity contribution >= 4 is 22.6 Å². The van der Waals surface area contributed by atoms with Gasteiger partial charge in [0.2, 0.25) is 11.9 Å². The molecule has 3 aromatic heterocycles. The molecular weight excluding hydrogens is 407 g/mol. The Morgan fingerprint density at radius 2 is 1.90 bits per heavy atom. The Hall–Kier alpha value is -2.97. The van der Waals surface area contributed by atoms with Gasteiger partial charge < -0.3 is 10.3 Å². The number of alkyl halides is 2. The molecule has 31 heavy (non-hydrogen) atoms. The zero-order chi connectivity index (χ0) is 21.6. The molecule has 0 atom stereocenters. The highest BCUT2D eigenvalue weighted by Gasteiger charge is 2.35. The summed E-state index contributed by atoms with van der Waals surface area (Å²) in [6.45, 7) is 0. The van der Waals surface area contributed by atoms with E-state index in [0.29, 0.717) is 47.8 Å². The Labute approximate surface area is 176 Å². The minimum atomic E-state index is -2.60. The molecule has 2 aliphatic carbocycles. The molecule has 0 aromatic carbocycles. The molecule has 0 saturated heterocycles. The van der Waals surface area contributed by atoms with Crippen LogP contribution in [0.3, 0.4) is 0 Å². The maximum absolute atomic E-state index is 14.8. The van der Waals surface area contributed by atoms with Gasteiger partial charge in [-0.3, -0.25) is 4.79 Å². The first-order valence-electron chi connectivity index (χ1n) is 10.6. The van der Waals surface area contributed by atoms with Crippen molar-refractivity contribution in [3.8, 4) is 0 Å². The molecule has 3 aromatic rings. The van der Waals surface area contributed by atoms with Gasteiger partial charge in [-0.05, 0) is 50.2 Å². The Bertz CT molecular complexity index is 1130. The number of halogens is 3. The third-order valence-corrected chi connectivity index (χ3v) is 6.12. The van der Waals surface area contributed by atoms with Crippen molar-refractivity contribution in [2.45, 2.75) is 56.9 Å². The topological polar surface area (TPSA) is 83.6 Å². The van der Waals surface area contributed by atoms with E-state index >= 15 is 0 Å². The number of hydrogen-bond donors (Lipinski definition) is 2. The van der Waals surface area contributed by atoms with Gasteiger partial charge in [0, 0.05) is 30.8 Å². The number of pyridine rings is 1. The lowest BCUT2D eigenvalue weighted by Crippen LogP contribution is -2.25. The van der Waals surface area contributed by atoms with E-state index in [1.807, 2.05) is 0 Å². The van der Waals surface area contributed by atoms with E-state index in [1.165, 1.54) is 18.6 Å². The first-order chi connectivity index (χ1) is 14.9. The van der Waals surface area contributed by atoms with Crippen LogP contribution in [0.4, 0.5) is 19.0 Å². The average molecular weight is 429 g/mol. The number of aromatic amines is 1. The molecule has 0 spiro atoms. The number of ketones is 1. The molecule has 0 bridgehead atoms. The van der Waals surface area contributed by atoms with E-state index in [0.717, 1.165) is 12.8 Å². The van der Waals surface area contributed by atoms with Crippen molar-refractivity contribution in [3.63, 3.8) is 0 Å². The van der Waals surface area contributed by atoms with Crippen molar-refractivity contribution in [1.82, 2.24) is 19.9 Å². The molecule has 5 rings (SSSR count). The third kappa shape index (κ3) is 4.13. The van der Waals surface area contributed by atoms with Crippen molar-refractivity contribution in [2.75, 3.05) is 5.32 Å². The molecule has 0 amide bonds. The number of carbonyl (C=O) groups is 1. The van der Waals surface area contributed by atoms with Crippen LogP contribution in [0.5, 0.6) is 0 Å². The Morgan fingerprint density at radius 1 is 1.13 bits per heavy atom. The largest absolute Gasteiger partial charge is 0.367 e. The molecule has 0 unspecified atom stereocenters. The van der Waals surface area contributed by atoms with Crippen LogP contribution in [0, 0.1) is 11.9 Å². The average Bonchev–Trinajstić information content (AvgIpc) is 3.44. The van der Waals surface area contributed by atoms with E-state index in [-0.39, 0.29) is 29.9 Å². The lowest BCUT2D eigenvalue weighted by atomic mass is 9.84. The maximum atomic E-state index is 14.8. The lowest BCUT2D eigenvalue weighted by molar-refractivity contribution is -0.0457. The fraction of sp³-hybridized carbons (Fsp3) is 0.455. The zero-order valence-electron chi connectivity index (χ0n) is 16.8. The summed E-state index contributed by atoms with van der Waals surface area (Å²) in [5.74, 6) is -3.35. The van der Waals surface area contributed by atoms with Gasteiger partial charge in [-0.25, -0.2) is 23.7 Å². The van der Waals surface area contributed by atoms with Gasteiger partial charge in [-0.1, -0.05) is 0 Å². The highest BCUT2D eigenvalue weighted by atomic mass is 19.3. The van der Waals surface area contributed by atoms with Gasteiger partial charge in [0.05, 0.1) is 16.5 Å². The molecule has 2 aliphatic rings. The molecule has 0 radical (unpaired) electrons. The molecular formula is C22H22F3N5O. The molecule has 9 heteroatoms. The standard InChI is InChI=1S/C22H22F3N5O/c23-19-15(4-3-14(29-19)9-12-5-7-22(24,25)8-6-12)18(31)16-10-26-20-17(16)21(28-11-27-20)30-13-1-2-13/h3-4,10-13H,1-2,5-9H2,(H2,26,27,28,30). The van der Waals surface area contributed by atoms with E-state index < -0.39 is 17.7 Å². The summed E-state index contributed by atoms with van der Waals surface area (Å²) in [4.78, 5) is 28.4. The minimum absolute atomic E-state index is 0.0508. The van der Waals surface area contributed by atoms with E-state index in [4.69, 9.17) is 0 Å². The molecule has 2 N–H and O–H groups in total. The number of aromatic nitrogens is 4. The van der Waals surface area contributed by atoms with Gasteiger partial charge in [0.15, 0.2) is 5.78 Å². The first-order valence-corrected chi connectivity index (χ1v) is 10.6. The van der Waals surface area contributed by atoms with Crippen molar-refractivity contribution < 1.29 is 18.0 Å². The highest BCUT2D eigenvalue weighted by Crippen LogP contribution is 2.37. The van der Waals surface area contributed by atoms with Crippen LogP contribution in [0.2, 0.25) is 0 Å². The van der Waals surface area contributed by atoms with Gasteiger partial charge in [0.25, 0.3) is 0 Å². The molecule has 3 heterocycles. The minimum Gasteiger partial charge on any atom is -0.367 e. The molecule has 6 nitrogen and oxygen atoms in total. The predicted molar refractivity (Wildman–Crippen MR) is 109 cm³/mol. The second kappa shape index (κ2) is 7.62. The number of nitrogens with one attached hydrogen (secondary N) is 2. The number of anilines is 1. The summed E-state index contributed by atoms with van der Waals surface area (Å²) in [5.41, 5.74) is 1.12. The van der Waals surface area contributed by atoms with Gasteiger partial charge in [-0.2, -0.15) is 4.39 Å². The smallest absolute Gasteiger partial charge is 0.248 e. The Kier molecular flexibility index (Phi) is 4.91. The van der Waals surface area contributed by atoms with Crippen LogP contribution < -0.4 is 5.32 Å². The number of rotatable bonds is 6. The predicted octanol–water partition coefficient (Wildman–Crippen LogP) is 4.67. The summed E-state index contributed by atoms with van der Waals surface area (Å²) >= 11 is 0. The van der Waals surface area contributed by atoms with Crippen molar-refractivity contribution in [1.29, 1.82) is 0 Å². The quantitative estimate of drug-likeness (QED) is 0.440. The molecule has 2 fully saturated rings. The number of fused-ring (bicyclic) bond motifs is 1. The van der Waals surface area contributed by atoms with Crippen LogP contribution in [0.25, 0.3) is 11.0 Å². The number of carbonyl (C=O) groups excluding carboxylic acids is 1. The summed E-state index contributed by atoms with van der Waals surface area (Å²) in [6, 6.07) is 3.36. The molecule has 2 saturated carbocycles. The normalized spacial score (nSPS) is 18.9. The number of nitrogens with zero attached hydrogens (tertiary/aromatic N) is 3. The summed E-state index contributed by atoms with van der Waals surface area (Å²) in [7, 11) is 0. The van der Waals surface area contributed by atoms with E-state index in [2.05, 4.69) is 25.3 Å². The lowest BCUT2D eigenvalue weighted by Gasteiger charge is -2.28.